The molecular weight excluding hydrogens is 1230 g/mol. The first-order valence-corrected chi connectivity index (χ1v) is 35.9. The van der Waals surface area contributed by atoms with Crippen LogP contribution < -0.4 is 21.3 Å². The van der Waals surface area contributed by atoms with Gasteiger partial charge in [-0.1, -0.05) is 122 Å². The maximum absolute atomic E-state index is 12.2. The van der Waals surface area contributed by atoms with Crippen LogP contribution in [0.2, 0.25) is 0 Å². The average molecular weight is 1370 g/mol. The summed E-state index contributed by atoms with van der Waals surface area (Å²) in [7, 11) is 0. The molecule has 0 aliphatic heterocycles. The zero-order chi connectivity index (χ0) is 71.9. The zero-order valence-electron chi connectivity index (χ0n) is 62.9. The van der Waals surface area contributed by atoms with Crippen molar-refractivity contribution in [1.82, 2.24) is 21.3 Å². The Hall–Kier alpha value is -5.16. The van der Waals surface area contributed by atoms with Crippen LogP contribution in [0.25, 0.3) is 0 Å². The van der Waals surface area contributed by atoms with E-state index in [4.69, 9.17) is 52.1 Å². The smallest absolute Gasteiger partial charge is 0.244 e. The minimum absolute atomic E-state index is 0.00332. The fraction of sp³-hybridized carbons (Fsp3) is 0.692. The molecule has 0 spiro atoms. The molecule has 97 heavy (non-hydrogen) atoms. The number of carbonyl (C=O) groups excluding carboxylic acids is 4. The molecule has 19 heteroatoms. The Labute approximate surface area is 587 Å². The molecule has 0 fully saturated rings. The summed E-state index contributed by atoms with van der Waals surface area (Å²) in [6.07, 6.45) is 36.6. The Balaban J connectivity index is 0.00000152. The van der Waals surface area contributed by atoms with E-state index in [1.54, 1.807) is 11.6 Å². The molecule has 2 rings (SSSR count). The molecular formula is C78H134N4O15. The fourth-order valence-corrected chi connectivity index (χ4v) is 9.83. The summed E-state index contributed by atoms with van der Waals surface area (Å²) in [5.41, 5.74) is 11.3. The standard InChI is InChI=1S/C35H58N2O6.C23H46N2O9.C20H30/c1-7-40-23-17-33(38)36-19-10-21-41-24-26-43-27-25-42-22-11-20-37-34(39)28-30(3)13-8-12-29(2)15-16-32-31(4)14-9-18-35(32,5)6;1-3-28-12-13-32-20-21-34-19-16-31-11-6-23(27)25-8-5-10-30-15-18-33-17-14-29-9-4-7-24-22(2)26;1-7-16(2)10-8-11-17(3)13-14-19-18(4)12-9-15-20(19,5)6/h8,12-13,15-16,28H,7,9-11,14,17-27H2,1-6H3,(H,36,38)(H,37,39);3-21H2,1-2H3,(H,24,26)(H,25,27);7-8,10-11,13-14H,9,12,15H2,1-6H3/b13-8+,16-15+,29-12+,30-28+;;10-8+,14-13+,16-7+,17-11+. The highest BCUT2D eigenvalue weighted by atomic mass is 16.6. The molecule has 0 unspecified atom stereocenters. The van der Waals surface area contributed by atoms with Gasteiger partial charge in [-0.05, 0) is 154 Å². The first-order chi connectivity index (χ1) is 46.7. The summed E-state index contributed by atoms with van der Waals surface area (Å²) in [6, 6.07) is 0. The number of allylic oxidation sites excluding steroid dienone is 19. The summed E-state index contributed by atoms with van der Waals surface area (Å²) < 4.78 is 59.2. The quantitative estimate of drug-likeness (QED) is 0.0253. The van der Waals surface area contributed by atoms with Gasteiger partial charge in [-0.2, -0.15) is 0 Å². The van der Waals surface area contributed by atoms with E-state index in [1.807, 2.05) is 32.9 Å². The van der Waals surface area contributed by atoms with Crippen LogP contribution in [0.1, 0.15) is 174 Å². The Morgan fingerprint density at radius 3 is 1.08 bits per heavy atom. The lowest BCUT2D eigenvalue weighted by molar-refractivity contribution is -0.123. The van der Waals surface area contributed by atoms with Gasteiger partial charge in [0.2, 0.25) is 23.6 Å². The predicted octanol–water partition coefficient (Wildman–Crippen LogP) is 13.1. The van der Waals surface area contributed by atoms with Crippen molar-refractivity contribution in [1.29, 1.82) is 0 Å². The largest absolute Gasteiger partial charge is 0.381 e. The lowest BCUT2D eigenvalue weighted by Gasteiger charge is -2.33. The summed E-state index contributed by atoms with van der Waals surface area (Å²) in [4.78, 5) is 46.1. The van der Waals surface area contributed by atoms with E-state index in [2.05, 4.69) is 145 Å². The van der Waals surface area contributed by atoms with Crippen LogP contribution in [0.4, 0.5) is 0 Å². The van der Waals surface area contributed by atoms with E-state index in [0.29, 0.717) is 190 Å². The molecule has 19 nitrogen and oxygen atoms in total. The lowest BCUT2D eigenvalue weighted by Crippen LogP contribution is -2.26. The van der Waals surface area contributed by atoms with Crippen molar-refractivity contribution in [3.05, 3.63) is 117 Å². The highest BCUT2D eigenvalue weighted by Gasteiger charge is 2.27. The van der Waals surface area contributed by atoms with E-state index < -0.39 is 0 Å². The van der Waals surface area contributed by atoms with Crippen molar-refractivity contribution in [2.75, 3.05) is 172 Å². The molecule has 4 amide bonds. The van der Waals surface area contributed by atoms with Crippen molar-refractivity contribution in [2.45, 2.75) is 174 Å². The van der Waals surface area contributed by atoms with Crippen LogP contribution in [0.3, 0.4) is 0 Å². The Bertz CT molecular complexity index is 2400. The molecule has 0 radical (unpaired) electrons. The third kappa shape index (κ3) is 57.3. The molecule has 0 atom stereocenters. The molecule has 0 heterocycles. The van der Waals surface area contributed by atoms with Gasteiger partial charge in [0.1, 0.15) is 0 Å². The van der Waals surface area contributed by atoms with Crippen LogP contribution in [-0.4, -0.2) is 195 Å². The molecule has 2 aliphatic carbocycles. The second kappa shape index (κ2) is 63.0. The normalized spacial score (nSPS) is 15.3. The maximum Gasteiger partial charge on any atom is 0.244 e. The van der Waals surface area contributed by atoms with Crippen LogP contribution in [0.15, 0.2) is 117 Å². The van der Waals surface area contributed by atoms with Crippen LogP contribution >= 0.6 is 0 Å². The number of hydrogen-bond acceptors (Lipinski definition) is 15. The number of carbonyl (C=O) groups is 4. The summed E-state index contributed by atoms with van der Waals surface area (Å²) in [6.45, 7) is 43.7. The highest BCUT2D eigenvalue weighted by molar-refractivity contribution is 5.88. The van der Waals surface area contributed by atoms with Gasteiger partial charge in [0, 0.05) is 91.7 Å². The first-order valence-electron chi connectivity index (χ1n) is 35.9. The number of rotatable bonds is 54. The second-order valence-electron chi connectivity index (χ2n) is 25.3. The van der Waals surface area contributed by atoms with Crippen molar-refractivity contribution in [2.24, 2.45) is 10.8 Å². The maximum atomic E-state index is 12.2. The molecule has 0 aromatic heterocycles. The van der Waals surface area contributed by atoms with E-state index in [0.717, 1.165) is 31.3 Å². The van der Waals surface area contributed by atoms with E-state index in [-0.39, 0.29) is 29.0 Å². The van der Waals surface area contributed by atoms with Gasteiger partial charge in [-0.25, -0.2) is 0 Å². The zero-order valence-corrected chi connectivity index (χ0v) is 62.9. The molecule has 0 bridgehead atoms. The Morgan fingerprint density at radius 1 is 0.402 bits per heavy atom. The van der Waals surface area contributed by atoms with Crippen molar-refractivity contribution >= 4 is 23.6 Å². The van der Waals surface area contributed by atoms with Crippen LogP contribution in [-0.2, 0) is 71.3 Å². The molecule has 0 aromatic rings. The molecule has 4 N–H and O–H groups in total. The average Bonchev–Trinajstić information content (AvgIpc) is 0.840. The number of ether oxygens (including phenoxy) is 11. The number of amides is 4. The van der Waals surface area contributed by atoms with Crippen LogP contribution in [0, 0.1) is 10.8 Å². The van der Waals surface area contributed by atoms with Gasteiger partial charge in [-0.15, -0.1) is 0 Å². The topological polar surface area (TPSA) is 218 Å². The summed E-state index contributed by atoms with van der Waals surface area (Å²) >= 11 is 0. The number of hydrogen-bond donors (Lipinski definition) is 4. The minimum Gasteiger partial charge on any atom is -0.381 e. The highest BCUT2D eigenvalue weighted by Crippen LogP contribution is 2.42. The van der Waals surface area contributed by atoms with E-state index in [1.165, 1.54) is 78.9 Å². The Kier molecular flexibility index (Phi) is 59.7. The fourth-order valence-electron chi connectivity index (χ4n) is 9.83. The monoisotopic (exact) mass is 1370 g/mol. The van der Waals surface area contributed by atoms with Gasteiger partial charge < -0.3 is 73.4 Å². The van der Waals surface area contributed by atoms with Crippen molar-refractivity contribution < 1.29 is 71.3 Å². The molecule has 556 valence electrons. The van der Waals surface area contributed by atoms with E-state index in [9.17, 15) is 19.2 Å². The van der Waals surface area contributed by atoms with Gasteiger partial charge >= 0.3 is 0 Å². The van der Waals surface area contributed by atoms with Crippen LogP contribution in [0.5, 0.6) is 0 Å². The van der Waals surface area contributed by atoms with Gasteiger partial charge in [0.15, 0.2) is 0 Å². The number of nitrogens with one attached hydrogen (secondary N) is 4. The molecule has 0 saturated carbocycles. The summed E-state index contributed by atoms with van der Waals surface area (Å²) in [5, 5.41) is 11.3. The third-order valence-corrected chi connectivity index (χ3v) is 15.5. The predicted molar refractivity (Wildman–Crippen MR) is 394 cm³/mol. The second-order valence-corrected chi connectivity index (χ2v) is 25.3. The third-order valence-electron chi connectivity index (χ3n) is 15.5. The molecule has 2 aliphatic rings. The molecule has 0 aromatic carbocycles. The van der Waals surface area contributed by atoms with Crippen molar-refractivity contribution in [3.63, 3.8) is 0 Å². The minimum atomic E-state index is -0.100. The first kappa shape index (κ1) is 91.8. The van der Waals surface area contributed by atoms with Gasteiger partial charge in [0.05, 0.1) is 106 Å². The van der Waals surface area contributed by atoms with E-state index >= 15 is 0 Å². The Morgan fingerprint density at radius 2 is 0.722 bits per heavy atom. The summed E-state index contributed by atoms with van der Waals surface area (Å²) in [5.74, 6) is -0.162. The van der Waals surface area contributed by atoms with Crippen molar-refractivity contribution in [3.8, 4) is 0 Å². The lowest BCUT2D eigenvalue weighted by atomic mass is 9.72. The van der Waals surface area contributed by atoms with Gasteiger partial charge in [-0.3, -0.25) is 19.2 Å². The SMILES string of the molecule is C/C=C(C)/C=C/C=C(C)/C=C/C1=C(C)CCCC1(C)C.CCOCCC(=O)NCCCOCCOCCOCCCNC(=O)/C=C(C)/C=C/C=C(C)/C=C/C1=C(C)CCCC1(C)C.CCOCCOCCOCCOCCC(=O)NCCCOCCOCCOCCCNC(C)=O. The molecule has 0 saturated heterocycles. The van der Waals surface area contributed by atoms with Gasteiger partial charge in [0.25, 0.3) is 0 Å².